The molecule has 0 bridgehead atoms. The Hall–Kier alpha value is -2.76. The SMILES string of the molecule is CN1C(=O)c2c(O)c(=O)ccn2N2C(c3ccccc3)[C@H]3CCCC[C@H]3C12. The molecule has 4 atom stereocenters. The normalized spacial score (nSPS) is 29.3. The highest BCUT2D eigenvalue weighted by molar-refractivity contribution is 5.96. The zero-order chi connectivity index (χ0) is 18.7. The summed E-state index contributed by atoms with van der Waals surface area (Å²) in [7, 11) is 1.79. The van der Waals surface area contributed by atoms with E-state index in [0.29, 0.717) is 11.8 Å². The first-order valence-electron chi connectivity index (χ1n) is 9.65. The fourth-order valence-corrected chi connectivity index (χ4v) is 5.48. The molecule has 2 aliphatic heterocycles. The lowest BCUT2D eigenvalue weighted by molar-refractivity contribution is 0.0568. The molecule has 2 unspecified atom stereocenters. The number of aromatic nitrogens is 1. The van der Waals surface area contributed by atoms with Crippen LogP contribution in [0.4, 0.5) is 0 Å². The second-order valence-corrected chi connectivity index (χ2v) is 7.90. The molecule has 140 valence electrons. The fourth-order valence-electron chi connectivity index (χ4n) is 5.48. The van der Waals surface area contributed by atoms with Crippen molar-refractivity contribution in [3.8, 4) is 5.75 Å². The van der Waals surface area contributed by atoms with Crippen LogP contribution in [0.2, 0.25) is 0 Å². The molecule has 1 saturated heterocycles. The summed E-state index contributed by atoms with van der Waals surface area (Å²) in [5, 5.41) is 12.6. The van der Waals surface area contributed by atoms with E-state index in [-0.39, 0.29) is 23.8 Å². The summed E-state index contributed by atoms with van der Waals surface area (Å²) in [4.78, 5) is 26.7. The lowest BCUT2D eigenvalue weighted by atomic mass is 9.76. The van der Waals surface area contributed by atoms with E-state index in [1.54, 1.807) is 22.8 Å². The molecule has 1 aromatic heterocycles. The standard InChI is InChI=1S/C21H23N3O3/c1-22-20-15-10-6-5-9-14(15)17(13-7-3-2-4-8-13)24(20)23-12-11-16(25)19(26)18(23)21(22)27/h2-4,7-8,11-12,14-15,17,20,26H,5-6,9-10H2,1H3/t14-,15+,17?,20?/m0/s1. The van der Waals surface area contributed by atoms with Crippen LogP contribution in [-0.4, -0.2) is 33.8 Å². The minimum Gasteiger partial charge on any atom is -0.502 e. The number of fused-ring (bicyclic) bond motifs is 5. The van der Waals surface area contributed by atoms with Gasteiger partial charge in [0, 0.05) is 25.2 Å². The molecule has 0 spiro atoms. The Balaban J connectivity index is 1.75. The van der Waals surface area contributed by atoms with E-state index in [4.69, 9.17) is 0 Å². The maximum atomic E-state index is 13.0. The third-order valence-corrected chi connectivity index (χ3v) is 6.58. The molecule has 3 heterocycles. The molecule has 1 N–H and O–H groups in total. The van der Waals surface area contributed by atoms with Gasteiger partial charge < -0.3 is 10.0 Å². The zero-order valence-electron chi connectivity index (χ0n) is 15.3. The molecule has 3 aliphatic rings. The van der Waals surface area contributed by atoms with Gasteiger partial charge in [-0.05, 0) is 24.3 Å². The Bertz CT molecular complexity index is 955. The molecule has 1 aromatic carbocycles. The van der Waals surface area contributed by atoms with Crippen LogP contribution in [0.5, 0.6) is 5.75 Å². The fraction of sp³-hybridized carbons (Fsp3) is 0.429. The van der Waals surface area contributed by atoms with Gasteiger partial charge in [0.25, 0.3) is 5.91 Å². The van der Waals surface area contributed by atoms with Gasteiger partial charge in [-0.2, -0.15) is 0 Å². The molecule has 2 aromatic rings. The second-order valence-electron chi connectivity index (χ2n) is 7.90. The van der Waals surface area contributed by atoms with Crippen LogP contribution in [0.25, 0.3) is 0 Å². The summed E-state index contributed by atoms with van der Waals surface area (Å²) in [6, 6.07) is 11.8. The van der Waals surface area contributed by atoms with Crippen LogP contribution in [0.15, 0.2) is 47.4 Å². The highest BCUT2D eigenvalue weighted by Crippen LogP contribution is 2.52. The van der Waals surface area contributed by atoms with Crippen molar-refractivity contribution in [3.05, 3.63) is 64.1 Å². The van der Waals surface area contributed by atoms with Crippen molar-refractivity contribution in [1.29, 1.82) is 0 Å². The number of hydrogen-bond acceptors (Lipinski definition) is 4. The zero-order valence-corrected chi connectivity index (χ0v) is 15.3. The lowest BCUT2D eigenvalue weighted by Gasteiger charge is -2.45. The molecule has 1 saturated carbocycles. The number of amides is 1. The van der Waals surface area contributed by atoms with E-state index in [2.05, 4.69) is 17.1 Å². The second kappa shape index (κ2) is 5.87. The minimum absolute atomic E-state index is 0.0672. The van der Waals surface area contributed by atoms with Gasteiger partial charge in [-0.15, -0.1) is 0 Å². The van der Waals surface area contributed by atoms with Gasteiger partial charge in [-0.1, -0.05) is 43.2 Å². The summed E-state index contributed by atoms with van der Waals surface area (Å²) < 4.78 is 1.74. The molecule has 0 radical (unpaired) electrons. The third-order valence-electron chi connectivity index (χ3n) is 6.58. The number of benzene rings is 1. The first kappa shape index (κ1) is 16.4. The predicted molar refractivity (Wildman–Crippen MR) is 101 cm³/mol. The van der Waals surface area contributed by atoms with Gasteiger partial charge in [0.05, 0.1) is 6.04 Å². The summed E-state index contributed by atoms with van der Waals surface area (Å²) in [5.74, 6) is 0.0699. The number of hydrogen-bond donors (Lipinski definition) is 1. The Kier molecular flexibility index (Phi) is 3.57. The Morgan fingerprint density at radius 2 is 1.70 bits per heavy atom. The first-order chi connectivity index (χ1) is 13.1. The Morgan fingerprint density at radius 3 is 2.44 bits per heavy atom. The average molecular weight is 365 g/mol. The smallest absolute Gasteiger partial charge is 0.277 e. The van der Waals surface area contributed by atoms with Crippen molar-refractivity contribution >= 4 is 5.91 Å². The van der Waals surface area contributed by atoms with Crippen LogP contribution in [-0.2, 0) is 0 Å². The van der Waals surface area contributed by atoms with Crippen molar-refractivity contribution in [3.63, 3.8) is 0 Å². The third kappa shape index (κ3) is 2.19. The van der Waals surface area contributed by atoms with Gasteiger partial charge in [0.2, 0.25) is 5.43 Å². The summed E-state index contributed by atoms with van der Waals surface area (Å²) >= 11 is 0. The van der Waals surface area contributed by atoms with Crippen molar-refractivity contribution in [2.24, 2.45) is 11.8 Å². The number of carbonyl (C=O) groups is 1. The summed E-state index contributed by atoms with van der Waals surface area (Å²) in [5.41, 5.74) is 0.763. The number of pyridine rings is 1. The van der Waals surface area contributed by atoms with E-state index in [9.17, 15) is 14.7 Å². The van der Waals surface area contributed by atoms with Crippen LogP contribution in [0, 0.1) is 11.8 Å². The molecule has 5 rings (SSSR count). The molecule has 1 amide bonds. The number of carbonyl (C=O) groups excluding carboxylic acids is 1. The van der Waals surface area contributed by atoms with Gasteiger partial charge >= 0.3 is 0 Å². The van der Waals surface area contributed by atoms with Gasteiger partial charge in [-0.25, -0.2) is 0 Å². The summed E-state index contributed by atoms with van der Waals surface area (Å²) in [6.07, 6.45) is 6.17. The van der Waals surface area contributed by atoms with Crippen molar-refractivity contribution < 1.29 is 9.90 Å². The van der Waals surface area contributed by atoms with Gasteiger partial charge in [0.15, 0.2) is 11.4 Å². The topological polar surface area (TPSA) is 65.8 Å². The van der Waals surface area contributed by atoms with E-state index in [1.165, 1.54) is 24.5 Å². The van der Waals surface area contributed by atoms with E-state index < -0.39 is 11.2 Å². The Labute approximate surface area is 157 Å². The molecule has 1 aliphatic carbocycles. The quantitative estimate of drug-likeness (QED) is 0.843. The maximum absolute atomic E-state index is 13.0. The van der Waals surface area contributed by atoms with Crippen LogP contribution in [0.1, 0.15) is 47.8 Å². The highest BCUT2D eigenvalue weighted by Gasteiger charge is 2.55. The van der Waals surface area contributed by atoms with Crippen LogP contribution in [0.3, 0.4) is 0 Å². The van der Waals surface area contributed by atoms with E-state index in [0.717, 1.165) is 12.8 Å². The Morgan fingerprint density at radius 1 is 1.00 bits per heavy atom. The van der Waals surface area contributed by atoms with Crippen molar-refractivity contribution in [1.82, 2.24) is 9.58 Å². The maximum Gasteiger partial charge on any atom is 0.277 e. The van der Waals surface area contributed by atoms with Gasteiger partial charge in [0.1, 0.15) is 6.17 Å². The number of aromatic hydroxyl groups is 1. The number of nitrogens with zero attached hydrogens (tertiary/aromatic N) is 3. The van der Waals surface area contributed by atoms with Gasteiger partial charge in [-0.3, -0.25) is 19.3 Å². The molecule has 6 nitrogen and oxygen atoms in total. The molecule has 27 heavy (non-hydrogen) atoms. The largest absolute Gasteiger partial charge is 0.502 e. The lowest BCUT2D eigenvalue weighted by Crippen LogP contribution is -2.59. The number of rotatable bonds is 1. The van der Waals surface area contributed by atoms with Crippen molar-refractivity contribution in [2.45, 2.75) is 37.9 Å². The summed E-state index contributed by atoms with van der Waals surface area (Å²) in [6.45, 7) is 0. The highest BCUT2D eigenvalue weighted by atomic mass is 16.3. The van der Waals surface area contributed by atoms with Crippen LogP contribution < -0.4 is 10.4 Å². The predicted octanol–water partition coefficient (Wildman–Crippen LogP) is 2.46. The molecule has 6 heteroatoms. The van der Waals surface area contributed by atoms with Crippen molar-refractivity contribution in [2.75, 3.05) is 12.1 Å². The van der Waals surface area contributed by atoms with E-state index in [1.807, 2.05) is 18.2 Å². The average Bonchev–Trinajstić information content (AvgIpc) is 3.04. The molecular formula is C21H23N3O3. The van der Waals surface area contributed by atoms with E-state index >= 15 is 0 Å². The molecule has 2 fully saturated rings. The monoisotopic (exact) mass is 365 g/mol. The van der Waals surface area contributed by atoms with Crippen LogP contribution >= 0.6 is 0 Å². The molecular weight excluding hydrogens is 342 g/mol. The minimum atomic E-state index is -0.519. The first-order valence-corrected chi connectivity index (χ1v) is 9.65.